The Labute approximate surface area is 118 Å². The van der Waals surface area contributed by atoms with Gasteiger partial charge in [-0.15, -0.1) is 0 Å². The summed E-state index contributed by atoms with van der Waals surface area (Å²) in [6.45, 7) is -0.880. The zero-order valence-electron chi connectivity index (χ0n) is 11.0. The third-order valence-electron chi connectivity index (χ3n) is 3.42. The zero-order valence-corrected chi connectivity index (χ0v) is 11.0. The molecule has 112 valence electrons. The van der Waals surface area contributed by atoms with E-state index in [0.717, 1.165) is 10.9 Å². The molecule has 0 unspecified atom stereocenters. The first-order chi connectivity index (χ1) is 9.92. The molecule has 1 aromatic heterocycles. The van der Waals surface area contributed by atoms with Gasteiger partial charge in [0, 0.05) is 35.8 Å². The fourth-order valence-corrected chi connectivity index (χ4v) is 2.29. The van der Waals surface area contributed by atoms with Gasteiger partial charge in [0.2, 0.25) is 0 Å². The molecule has 7 heteroatoms. The Morgan fingerprint density at radius 1 is 1.33 bits per heavy atom. The minimum Gasteiger partial charge on any atom is -0.365 e. The van der Waals surface area contributed by atoms with E-state index in [9.17, 15) is 18.0 Å². The summed E-state index contributed by atoms with van der Waals surface area (Å²) in [5, 5.41) is 0.922. The molecule has 0 spiro atoms. The van der Waals surface area contributed by atoms with Gasteiger partial charge in [0.1, 0.15) is 6.61 Å². The topological polar surface area (TPSA) is 45.3 Å². The van der Waals surface area contributed by atoms with Gasteiger partial charge in [-0.2, -0.15) is 13.2 Å². The average Bonchev–Trinajstić information content (AvgIpc) is 2.82. The van der Waals surface area contributed by atoms with Crippen LogP contribution >= 0.6 is 0 Å². The smallest absolute Gasteiger partial charge is 0.365 e. The minimum absolute atomic E-state index is 0.190. The first-order valence-electron chi connectivity index (χ1n) is 6.47. The van der Waals surface area contributed by atoms with E-state index in [2.05, 4.69) is 4.98 Å². The number of rotatable bonds is 3. The molecule has 1 amide bonds. The van der Waals surface area contributed by atoms with Crippen LogP contribution in [-0.4, -0.2) is 47.8 Å². The molecule has 0 saturated carbocycles. The summed E-state index contributed by atoms with van der Waals surface area (Å²) in [6, 6.07) is 7.13. The lowest BCUT2D eigenvalue weighted by Gasteiger charge is -2.39. The molecular weight excluding hydrogens is 285 g/mol. The van der Waals surface area contributed by atoms with Crippen LogP contribution in [-0.2, 0) is 4.74 Å². The Balaban J connectivity index is 1.57. The van der Waals surface area contributed by atoms with Crippen LogP contribution in [0.15, 0.2) is 30.5 Å². The van der Waals surface area contributed by atoms with Crippen LogP contribution in [0.25, 0.3) is 10.9 Å². The number of aromatic nitrogens is 1. The molecule has 1 N–H and O–H groups in total. The molecule has 4 nitrogen and oxygen atoms in total. The minimum atomic E-state index is -4.33. The maximum absolute atomic E-state index is 12.2. The van der Waals surface area contributed by atoms with E-state index in [0.29, 0.717) is 5.56 Å². The van der Waals surface area contributed by atoms with Gasteiger partial charge in [0.15, 0.2) is 0 Å². The number of halogens is 3. The highest BCUT2D eigenvalue weighted by atomic mass is 19.4. The van der Waals surface area contributed by atoms with Crippen LogP contribution in [0.2, 0.25) is 0 Å². The third-order valence-corrected chi connectivity index (χ3v) is 3.42. The molecular formula is C14H13F3N2O2. The number of hydrogen-bond donors (Lipinski definition) is 1. The monoisotopic (exact) mass is 298 g/mol. The number of alkyl halides is 3. The zero-order chi connectivity index (χ0) is 15.0. The molecule has 1 fully saturated rings. The summed E-state index contributed by atoms with van der Waals surface area (Å²) in [4.78, 5) is 16.7. The number of aromatic amines is 1. The van der Waals surface area contributed by atoms with Crippen molar-refractivity contribution in [3.8, 4) is 0 Å². The van der Waals surface area contributed by atoms with Crippen molar-refractivity contribution >= 4 is 16.8 Å². The first-order valence-corrected chi connectivity index (χ1v) is 6.47. The number of nitrogens with one attached hydrogen (secondary N) is 1. The Morgan fingerprint density at radius 2 is 2.10 bits per heavy atom. The van der Waals surface area contributed by atoms with Gasteiger partial charge in [0.25, 0.3) is 5.91 Å². The molecule has 0 aliphatic carbocycles. The van der Waals surface area contributed by atoms with E-state index in [1.165, 1.54) is 4.90 Å². The number of nitrogens with zero attached hydrogens (tertiary/aromatic N) is 1. The lowest BCUT2D eigenvalue weighted by atomic mass is 10.1. The number of carbonyl (C=O) groups is 1. The Bertz CT molecular complexity index is 660. The van der Waals surface area contributed by atoms with Gasteiger partial charge in [-0.25, -0.2) is 0 Å². The number of amides is 1. The van der Waals surface area contributed by atoms with Crippen LogP contribution < -0.4 is 0 Å². The summed E-state index contributed by atoms with van der Waals surface area (Å²) in [5.74, 6) is -0.190. The van der Waals surface area contributed by atoms with Crippen LogP contribution in [0.3, 0.4) is 0 Å². The predicted molar refractivity (Wildman–Crippen MR) is 70.0 cm³/mol. The van der Waals surface area contributed by atoms with Gasteiger partial charge >= 0.3 is 6.18 Å². The molecule has 0 atom stereocenters. The number of benzene rings is 1. The molecule has 0 radical (unpaired) electrons. The SMILES string of the molecule is O=C(c1ccc2[nH]ccc2c1)N1CC(OCC(F)(F)F)C1. The number of likely N-dealkylation sites (tertiary alicyclic amines) is 1. The second kappa shape index (κ2) is 5.07. The van der Waals surface area contributed by atoms with Crippen molar-refractivity contribution in [2.45, 2.75) is 12.3 Å². The molecule has 21 heavy (non-hydrogen) atoms. The molecule has 1 aliphatic heterocycles. The van der Waals surface area contributed by atoms with Crippen LogP contribution in [0.4, 0.5) is 13.2 Å². The van der Waals surface area contributed by atoms with Gasteiger partial charge < -0.3 is 14.6 Å². The number of hydrogen-bond acceptors (Lipinski definition) is 2. The highest BCUT2D eigenvalue weighted by Gasteiger charge is 2.36. The standard InChI is InChI=1S/C14H13F3N2O2/c15-14(16,17)8-21-11-6-19(7-11)13(20)10-1-2-12-9(5-10)3-4-18-12/h1-5,11,18H,6-8H2. The molecule has 3 rings (SSSR count). The summed E-state index contributed by atoms with van der Waals surface area (Å²) in [6.07, 6.45) is -3.08. The van der Waals surface area contributed by atoms with Gasteiger partial charge in [-0.05, 0) is 24.3 Å². The first kappa shape index (κ1) is 13.9. The van der Waals surface area contributed by atoms with Crippen LogP contribution in [0.5, 0.6) is 0 Å². The van der Waals surface area contributed by atoms with Crippen molar-refractivity contribution in [3.05, 3.63) is 36.0 Å². The number of carbonyl (C=O) groups excluding carboxylic acids is 1. The summed E-state index contributed by atoms with van der Waals surface area (Å²) in [5.41, 5.74) is 1.46. The maximum Gasteiger partial charge on any atom is 0.411 e. The number of ether oxygens (including phenoxy) is 1. The third kappa shape index (κ3) is 3.02. The van der Waals surface area contributed by atoms with Crippen molar-refractivity contribution in [2.75, 3.05) is 19.7 Å². The number of fused-ring (bicyclic) bond motifs is 1. The molecule has 2 heterocycles. The number of H-pyrrole nitrogens is 1. The second-order valence-electron chi connectivity index (χ2n) is 5.04. The fraction of sp³-hybridized carbons (Fsp3) is 0.357. The van der Waals surface area contributed by atoms with E-state index in [4.69, 9.17) is 4.74 Å². The summed E-state index contributed by atoms with van der Waals surface area (Å²) in [7, 11) is 0. The van der Waals surface area contributed by atoms with Gasteiger partial charge in [0.05, 0.1) is 6.10 Å². The lowest BCUT2D eigenvalue weighted by Crippen LogP contribution is -2.55. The van der Waals surface area contributed by atoms with Crippen LogP contribution in [0, 0.1) is 0 Å². The molecule has 1 aliphatic rings. The van der Waals surface area contributed by atoms with Crippen LogP contribution in [0.1, 0.15) is 10.4 Å². The molecule has 2 aromatic rings. The molecule has 1 saturated heterocycles. The highest BCUT2D eigenvalue weighted by molar-refractivity contribution is 5.98. The van der Waals surface area contributed by atoms with Crippen molar-refractivity contribution < 1.29 is 22.7 Å². The summed E-state index contributed by atoms with van der Waals surface area (Å²) < 4.78 is 40.7. The molecule has 1 aromatic carbocycles. The average molecular weight is 298 g/mol. The van der Waals surface area contributed by atoms with Crippen molar-refractivity contribution in [3.63, 3.8) is 0 Å². The van der Waals surface area contributed by atoms with Crippen molar-refractivity contribution in [1.82, 2.24) is 9.88 Å². The normalized spacial score (nSPS) is 16.2. The van der Waals surface area contributed by atoms with Gasteiger partial charge in [-0.1, -0.05) is 0 Å². The largest absolute Gasteiger partial charge is 0.411 e. The van der Waals surface area contributed by atoms with E-state index >= 15 is 0 Å². The predicted octanol–water partition coefficient (Wildman–Crippen LogP) is 2.57. The quantitative estimate of drug-likeness (QED) is 0.946. The summed E-state index contributed by atoms with van der Waals surface area (Å²) >= 11 is 0. The Morgan fingerprint density at radius 3 is 2.81 bits per heavy atom. The van der Waals surface area contributed by atoms with Crippen molar-refractivity contribution in [2.24, 2.45) is 0 Å². The van der Waals surface area contributed by atoms with Crippen molar-refractivity contribution in [1.29, 1.82) is 0 Å². The van der Waals surface area contributed by atoms with E-state index < -0.39 is 18.9 Å². The van der Waals surface area contributed by atoms with E-state index in [-0.39, 0.29) is 19.0 Å². The Kier molecular flexibility index (Phi) is 3.36. The van der Waals surface area contributed by atoms with E-state index in [1.54, 1.807) is 24.4 Å². The highest BCUT2D eigenvalue weighted by Crippen LogP contribution is 2.22. The lowest BCUT2D eigenvalue weighted by molar-refractivity contribution is -0.196. The Hall–Kier alpha value is -2.02. The maximum atomic E-state index is 12.2. The fourth-order valence-electron chi connectivity index (χ4n) is 2.29. The molecule has 0 bridgehead atoms. The van der Waals surface area contributed by atoms with Gasteiger partial charge in [-0.3, -0.25) is 4.79 Å². The second-order valence-corrected chi connectivity index (χ2v) is 5.04. The van der Waals surface area contributed by atoms with E-state index in [1.807, 2.05) is 6.07 Å².